The van der Waals surface area contributed by atoms with Crippen LogP contribution in [-0.2, 0) is 5.41 Å². The van der Waals surface area contributed by atoms with Crippen molar-refractivity contribution < 1.29 is 0 Å². The molecule has 6 aromatic carbocycles. The van der Waals surface area contributed by atoms with Gasteiger partial charge >= 0.3 is 0 Å². The first kappa shape index (κ1) is 29.0. The van der Waals surface area contributed by atoms with Gasteiger partial charge in [-0.1, -0.05) is 115 Å². The summed E-state index contributed by atoms with van der Waals surface area (Å²) in [4.78, 5) is 10.7. The van der Waals surface area contributed by atoms with Gasteiger partial charge in [-0.05, 0) is 120 Å². The fraction of sp³-hybridized carbons (Fsp3) is 0.0204. The molecule has 4 heteroatoms. The second-order valence-corrected chi connectivity index (χ2v) is 15.2. The fourth-order valence-corrected chi connectivity index (χ4v) is 10.4. The molecular weight excluding hydrogens is 663 g/mol. The van der Waals surface area contributed by atoms with Gasteiger partial charge in [0, 0.05) is 28.7 Å². The Morgan fingerprint density at radius 3 is 1.81 bits per heavy atom. The molecule has 3 nitrogen and oxygen atoms in total. The average Bonchev–Trinajstić information content (AvgIpc) is 3.94. The van der Waals surface area contributed by atoms with Crippen molar-refractivity contribution in [3.05, 3.63) is 199 Å². The highest BCUT2D eigenvalue weighted by molar-refractivity contribution is 7.25. The number of rotatable bonds is 3. The van der Waals surface area contributed by atoms with Crippen molar-refractivity contribution in [2.24, 2.45) is 0 Å². The maximum atomic E-state index is 5.01. The van der Waals surface area contributed by atoms with Crippen LogP contribution in [0.5, 0.6) is 0 Å². The van der Waals surface area contributed by atoms with Crippen molar-refractivity contribution in [3.8, 4) is 55.6 Å². The van der Waals surface area contributed by atoms with Crippen LogP contribution in [-0.4, -0.2) is 14.4 Å². The van der Waals surface area contributed by atoms with E-state index in [0.29, 0.717) is 0 Å². The third-order valence-corrected chi connectivity index (χ3v) is 12.7. The number of nitrogens with zero attached hydrogens (tertiary/aromatic N) is 3. The zero-order valence-corrected chi connectivity index (χ0v) is 29.3. The summed E-state index contributed by atoms with van der Waals surface area (Å²) in [5.74, 6) is 0. The lowest BCUT2D eigenvalue weighted by molar-refractivity contribution is 0.794. The second-order valence-electron chi connectivity index (χ2n) is 14.2. The Balaban J connectivity index is 1.05. The molecule has 1 spiro atoms. The minimum absolute atomic E-state index is 0.439. The lowest BCUT2D eigenvalue weighted by Gasteiger charge is -2.31. The molecule has 4 heterocycles. The van der Waals surface area contributed by atoms with Gasteiger partial charge in [0.15, 0.2) is 0 Å². The van der Waals surface area contributed by atoms with Gasteiger partial charge in [-0.3, -0.25) is 9.38 Å². The number of pyridine rings is 2. The molecule has 12 rings (SSSR count). The third-order valence-electron chi connectivity index (χ3n) is 11.5. The largest absolute Gasteiger partial charge is 0.290 e. The Morgan fingerprint density at radius 2 is 1.08 bits per heavy atom. The van der Waals surface area contributed by atoms with Crippen molar-refractivity contribution in [2.45, 2.75) is 5.41 Å². The predicted octanol–water partition coefficient (Wildman–Crippen LogP) is 12.4. The van der Waals surface area contributed by atoms with E-state index in [-0.39, 0.29) is 0 Å². The van der Waals surface area contributed by atoms with E-state index < -0.39 is 5.41 Å². The van der Waals surface area contributed by atoms with E-state index in [2.05, 4.69) is 167 Å². The van der Waals surface area contributed by atoms with Crippen LogP contribution in [0.25, 0.3) is 81.7 Å². The van der Waals surface area contributed by atoms with Gasteiger partial charge in [-0.25, -0.2) is 4.98 Å². The smallest absolute Gasteiger partial charge is 0.138 e. The molecule has 0 fully saturated rings. The van der Waals surface area contributed by atoms with E-state index in [1.165, 1.54) is 87.2 Å². The third kappa shape index (κ3) is 3.93. The quantitative estimate of drug-likeness (QED) is 0.185. The Morgan fingerprint density at radius 1 is 0.472 bits per heavy atom. The first-order valence-electron chi connectivity index (χ1n) is 18.1. The summed E-state index contributed by atoms with van der Waals surface area (Å²) >= 11 is 1.80. The van der Waals surface area contributed by atoms with Crippen LogP contribution < -0.4 is 0 Å². The summed E-state index contributed by atoms with van der Waals surface area (Å²) < 4.78 is 3.52. The molecule has 4 aromatic heterocycles. The normalized spacial score (nSPS) is 13.4. The fourth-order valence-electron chi connectivity index (χ4n) is 9.23. The van der Waals surface area contributed by atoms with Gasteiger partial charge < -0.3 is 0 Å². The molecule has 0 saturated heterocycles. The highest BCUT2D eigenvalue weighted by atomic mass is 32.1. The molecule has 0 unspecified atom stereocenters. The topological polar surface area (TPSA) is 30.2 Å². The van der Waals surface area contributed by atoms with E-state index in [1.54, 1.807) is 11.3 Å². The van der Waals surface area contributed by atoms with Crippen LogP contribution in [0.1, 0.15) is 22.3 Å². The number of benzene rings is 6. The van der Waals surface area contributed by atoms with E-state index in [0.717, 1.165) is 16.7 Å². The number of hydrogen-bond donors (Lipinski definition) is 0. The molecule has 53 heavy (non-hydrogen) atoms. The maximum Gasteiger partial charge on any atom is 0.138 e. The predicted molar refractivity (Wildman–Crippen MR) is 218 cm³/mol. The molecule has 10 aromatic rings. The molecule has 246 valence electrons. The van der Waals surface area contributed by atoms with Crippen molar-refractivity contribution in [2.75, 3.05) is 0 Å². The average molecular weight is 692 g/mol. The zero-order valence-electron chi connectivity index (χ0n) is 28.5. The summed E-state index contributed by atoms with van der Waals surface area (Å²) in [5, 5.41) is 1.22. The second kappa shape index (κ2) is 10.7. The molecule has 0 aliphatic heterocycles. The van der Waals surface area contributed by atoms with E-state index >= 15 is 0 Å². The van der Waals surface area contributed by atoms with Crippen LogP contribution in [0, 0.1) is 0 Å². The Labute approximate surface area is 310 Å². The van der Waals surface area contributed by atoms with Gasteiger partial charge in [-0.15, -0.1) is 11.3 Å². The lowest BCUT2D eigenvalue weighted by atomic mass is 9.70. The molecule has 0 atom stereocenters. The van der Waals surface area contributed by atoms with Gasteiger partial charge in [0.05, 0.1) is 5.41 Å². The Kier molecular flexibility index (Phi) is 5.86. The van der Waals surface area contributed by atoms with Gasteiger partial charge in [0.25, 0.3) is 0 Å². The summed E-state index contributed by atoms with van der Waals surface area (Å²) in [5.41, 5.74) is 19.2. The van der Waals surface area contributed by atoms with Crippen molar-refractivity contribution in [1.82, 2.24) is 14.4 Å². The van der Waals surface area contributed by atoms with Crippen LogP contribution in [0.4, 0.5) is 0 Å². The minimum atomic E-state index is -0.439. The molecule has 0 bridgehead atoms. The molecule has 2 aliphatic rings. The van der Waals surface area contributed by atoms with Crippen LogP contribution in [0.2, 0.25) is 0 Å². The Bertz CT molecular complexity index is 3090. The van der Waals surface area contributed by atoms with Gasteiger partial charge in [0.2, 0.25) is 0 Å². The van der Waals surface area contributed by atoms with Crippen molar-refractivity contribution in [3.63, 3.8) is 0 Å². The van der Waals surface area contributed by atoms with Gasteiger partial charge in [-0.2, -0.15) is 0 Å². The molecule has 0 radical (unpaired) electrons. The number of thiophene rings is 1. The molecule has 0 amide bonds. The number of aromatic nitrogens is 3. The van der Waals surface area contributed by atoms with Crippen molar-refractivity contribution in [1.29, 1.82) is 0 Å². The lowest BCUT2D eigenvalue weighted by Crippen LogP contribution is -2.26. The first-order chi connectivity index (χ1) is 26.3. The van der Waals surface area contributed by atoms with E-state index in [1.807, 2.05) is 18.5 Å². The highest BCUT2D eigenvalue weighted by Crippen LogP contribution is 2.63. The summed E-state index contributed by atoms with van der Waals surface area (Å²) in [6, 6.07) is 58.2. The number of hydrogen-bond acceptors (Lipinski definition) is 3. The highest BCUT2D eigenvalue weighted by Gasteiger charge is 2.51. The monoisotopic (exact) mass is 691 g/mol. The number of fused-ring (bicyclic) bond motifs is 15. The van der Waals surface area contributed by atoms with Crippen LogP contribution in [0.3, 0.4) is 0 Å². The molecule has 0 saturated carbocycles. The maximum absolute atomic E-state index is 5.01. The summed E-state index contributed by atoms with van der Waals surface area (Å²) in [7, 11) is 0. The van der Waals surface area contributed by atoms with Crippen molar-refractivity contribution >= 4 is 37.4 Å². The minimum Gasteiger partial charge on any atom is -0.290 e. The molecule has 2 aliphatic carbocycles. The SMILES string of the molecule is c1cncc(-c2ccc3c(c2)C2(c4ccccc4-c4ccccc42)c2cc(-c4cccc(-c5ccc6nc7c8ccccc8sc7n6c5)c4)ccc2-3)c1. The molecule has 0 N–H and O–H groups in total. The van der Waals surface area contributed by atoms with Crippen LogP contribution >= 0.6 is 11.3 Å². The van der Waals surface area contributed by atoms with E-state index in [4.69, 9.17) is 4.98 Å². The standard InChI is InChI=1S/C49H29N3S/c1-4-15-41-36(12-1)37-13-2-5-16-42(37)49(41)43-26-32(18-21-38(43)39-22-19-33(27-44(39)49)34-11-8-24-50-28-34)30-9-7-10-31(25-30)35-20-23-46-51-47-40-14-3-6-17-45(40)53-48(47)52(46)29-35/h1-29H. The molecular formula is C49H29N3S. The van der Waals surface area contributed by atoms with E-state index in [9.17, 15) is 0 Å². The van der Waals surface area contributed by atoms with Crippen LogP contribution in [0.15, 0.2) is 176 Å². The summed E-state index contributed by atoms with van der Waals surface area (Å²) in [6.07, 6.45) is 6.06. The van der Waals surface area contributed by atoms with Gasteiger partial charge in [0.1, 0.15) is 16.0 Å². The Hall–Kier alpha value is -6.62. The summed E-state index contributed by atoms with van der Waals surface area (Å²) in [6.45, 7) is 0. The zero-order chi connectivity index (χ0) is 34.7. The first-order valence-corrected chi connectivity index (χ1v) is 18.9. The number of imidazole rings is 1.